The van der Waals surface area contributed by atoms with E-state index in [1.165, 1.54) is 0 Å². The van der Waals surface area contributed by atoms with Gasteiger partial charge in [-0.1, -0.05) is 103 Å². The molecule has 4 aromatic carbocycles. The normalized spacial score (nSPS) is 11.7. The summed E-state index contributed by atoms with van der Waals surface area (Å²) in [5.74, 6) is 0.808. The Balaban J connectivity index is 1.50. The molecular weight excluding hydrogens is 420 g/mol. The van der Waals surface area contributed by atoms with E-state index >= 15 is 0 Å². The standard InChI is InChI=1S/C31H30O3/c32-21-20-30(26-12-6-2-7-13-26)31(27-14-8-3-9-15-27)28-16-18-29(19-17-28)34-23-22-33-24-25-10-4-1-5-11-25/h1-19,32H,20-24H2. The van der Waals surface area contributed by atoms with Crippen LogP contribution in [0.5, 0.6) is 5.75 Å². The Morgan fingerprint density at radius 1 is 0.588 bits per heavy atom. The lowest BCUT2D eigenvalue weighted by Crippen LogP contribution is -2.06. The molecule has 0 radical (unpaired) electrons. The molecule has 0 aliphatic heterocycles. The monoisotopic (exact) mass is 450 g/mol. The van der Waals surface area contributed by atoms with Crippen LogP contribution in [0.25, 0.3) is 11.1 Å². The maximum atomic E-state index is 9.83. The molecule has 0 spiro atoms. The molecule has 4 aromatic rings. The second kappa shape index (κ2) is 12.5. The first kappa shape index (κ1) is 23.5. The van der Waals surface area contributed by atoms with Crippen LogP contribution in [-0.2, 0) is 11.3 Å². The van der Waals surface area contributed by atoms with Crippen LogP contribution in [0.3, 0.4) is 0 Å². The van der Waals surface area contributed by atoms with Gasteiger partial charge in [-0.2, -0.15) is 0 Å². The predicted octanol–water partition coefficient (Wildman–Crippen LogP) is 6.62. The summed E-state index contributed by atoms with van der Waals surface area (Å²) in [4.78, 5) is 0. The van der Waals surface area contributed by atoms with E-state index in [9.17, 15) is 5.11 Å². The molecule has 0 saturated carbocycles. The first-order valence-electron chi connectivity index (χ1n) is 11.6. The summed E-state index contributed by atoms with van der Waals surface area (Å²) in [5, 5.41) is 9.83. The Morgan fingerprint density at radius 2 is 1.15 bits per heavy atom. The molecule has 0 bridgehead atoms. The van der Waals surface area contributed by atoms with Crippen molar-refractivity contribution in [1.82, 2.24) is 0 Å². The summed E-state index contributed by atoms with van der Waals surface area (Å²) in [7, 11) is 0. The third-order valence-electron chi connectivity index (χ3n) is 5.60. The van der Waals surface area contributed by atoms with Crippen molar-refractivity contribution in [3.8, 4) is 5.75 Å². The summed E-state index contributed by atoms with van der Waals surface area (Å²) in [5.41, 5.74) is 6.73. The van der Waals surface area contributed by atoms with Gasteiger partial charge in [0, 0.05) is 6.61 Å². The zero-order chi connectivity index (χ0) is 23.4. The van der Waals surface area contributed by atoms with E-state index in [0.717, 1.165) is 39.1 Å². The van der Waals surface area contributed by atoms with Crippen molar-refractivity contribution < 1.29 is 14.6 Å². The van der Waals surface area contributed by atoms with Crippen molar-refractivity contribution in [2.75, 3.05) is 19.8 Å². The molecule has 34 heavy (non-hydrogen) atoms. The van der Waals surface area contributed by atoms with Crippen LogP contribution in [0.2, 0.25) is 0 Å². The van der Waals surface area contributed by atoms with E-state index in [2.05, 4.69) is 48.5 Å². The minimum atomic E-state index is 0.0880. The van der Waals surface area contributed by atoms with Crippen LogP contribution in [-0.4, -0.2) is 24.9 Å². The lowest BCUT2D eigenvalue weighted by Gasteiger charge is -2.17. The van der Waals surface area contributed by atoms with Crippen LogP contribution in [0.1, 0.15) is 28.7 Å². The van der Waals surface area contributed by atoms with Gasteiger partial charge >= 0.3 is 0 Å². The molecule has 0 heterocycles. The number of ether oxygens (including phenoxy) is 2. The minimum absolute atomic E-state index is 0.0880. The van der Waals surface area contributed by atoms with E-state index < -0.39 is 0 Å². The van der Waals surface area contributed by atoms with E-state index in [-0.39, 0.29) is 6.61 Å². The molecule has 1 N–H and O–H groups in total. The fourth-order valence-corrected chi connectivity index (χ4v) is 3.99. The fraction of sp³-hybridized carbons (Fsp3) is 0.161. The maximum Gasteiger partial charge on any atom is 0.119 e. The van der Waals surface area contributed by atoms with Crippen molar-refractivity contribution in [2.24, 2.45) is 0 Å². The Bertz CT molecular complexity index is 1150. The second-order valence-corrected chi connectivity index (χ2v) is 7.97. The zero-order valence-corrected chi connectivity index (χ0v) is 19.3. The highest BCUT2D eigenvalue weighted by Crippen LogP contribution is 2.34. The lowest BCUT2D eigenvalue weighted by molar-refractivity contribution is 0.0889. The molecule has 0 amide bonds. The van der Waals surface area contributed by atoms with Crippen LogP contribution < -0.4 is 4.74 Å². The van der Waals surface area contributed by atoms with Gasteiger partial charge in [0.25, 0.3) is 0 Å². The molecule has 0 fully saturated rings. The Labute approximate surface area is 201 Å². The van der Waals surface area contributed by atoms with Gasteiger partial charge in [-0.25, -0.2) is 0 Å². The van der Waals surface area contributed by atoms with Crippen molar-refractivity contribution in [1.29, 1.82) is 0 Å². The van der Waals surface area contributed by atoms with Gasteiger partial charge in [-0.05, 0) is 52.0 Å². The summed E-state index contributed by atoms with van der Waals surface area (Å²) >= 11 is 0. The third-order valence-corrected chi connectivity index (χ3v) is 5.60. The molecule has 0 unspecified atom stereocenters. The molecule has 0 saturated heterocycles. The Kier molecular flexibility index (Phi) is 8.67. The van der Waals surface area contributed by atoms with Gasteiger partial charge in [0.15, 0.2) is 0 Å². The van der Waals surface area contributed by atoms with Crippen LogP contribution in [0, 0.1) is 0 Å². The van der Waals surface area contributed by atoms with Crippen LogP contribution in [0.15, 0.2) is 115 Å². The van der Waals surface area contributed by atoms with Crippen molar-refractivity contribution in [3.05, 3.63) is 138 Å². The van der Waals surface area contributed by atoms with Gasteiger partial charge in [0.2, 0.25) is 0 Å². The maximum absolute atomic E-state index is 9.83. The van der Waals surface area contributed by atoms with E-state index in [4.69, 9.17) is 9.47 Å². The van der Waals surface area contributed by atoms with Crippen LogP contribution in [0.4, 0.5) is 0 Å². The molecule has 3 nitrogen and oxygen atoms in total. The van der Waals surface area contributed by atoms with Gasteiger partial charge < -0.3 is 14.6 Å². The molecule has 0 atom stereocenters. The van der Waals surface area contributed by atoms with Gasteiger partial charge in [-0.3, -0.25) is 0 Å². The van der Waals surface area contributed by atoms with Crippen molar-refractivity contribution in [3.63, 3.8) is 0 Å². The molecular formula is C31H30O3. The lowest BCUT2D eigenvalue weighted by atomic mass is 9.88. The molecule has 172 valence electrons. The van der Waals surface area contributed by atoms with Crippen molar-refractivity contribution in [2.45, 2.75) is 13.0 Å². The summed E-state index contributed by atoms with van der Waals surface area (Å²) in [6.07, 6.45) is 0.575. The fourth-order valence-electron chi connectivity index (χ4n) is 3.99. The van der Waals surface area contributed by atoms with Gasteiger partial charge in [0.1, 0.15) is 12.4 Å². The summed E-state index contributed by atoms with van der Waals surface area (Å²) < 4.78 is 11.6. The minimum Gasteiger partial charge on any atom is -0.491 e. The number of aliphatic hydroxyl groups is 1. The largest absolute Gasteiger partial charge is 0.491 e. The highest BCUT2D eigenvalue weighted by molar-refractivity contribution is 5.98. The van der Waals surface area contributed by atoms with E-state index in [1.54, 1.807) is 0 Å². The number of rotatable bonds is 11. The zero-order valence-electron chi connectivity index (χ0n) is 19.3. The van der Waals surface area contributed by atoms with Gasteiger partial charge in [-0.15, -0.1) is 0 Å². The molecule has 0 aliphatic carbocycles. The first-order valence-corrected chi connectivity index (χ1v) is 11.6. The number of benzene rings is 4. The SMILES string of the molecule is OCCC(=C(c1ccccc1)c1ccc(OCCOCc2ccccc2)cc1)c1ccccc1. The van der Waals surface area contributed by atoms with Crippen molar-refractivity contribution >= 4 is 11.1 Å². The summed E-state index contributed by atoms with van der Waals surface area (Å²) in [6, 6.07) is 38.9. The summed E-state index contributed by atoms with van der Waals surface area (Å²) in [6.45, 7) is 1.69. The smallest absolute Gasteiger partial charge is 0.119 e. The molecule has 0 aliphatic rings. The quantitative estimate of drug-likeness (QED) is 0.206. The van der Waals surface area contributed by atoms with E-state index in [0.29, 0.717) is 26.2 Å². The highest BCUT2D eigenvalue weighted by atomic mass is 16.5. The third kappa shape index (κ3) is 6.44. The average Bonchev–Trinajstić information content (AvgIpc) is 2.91. The van der Waals surface area contributed by atoms with E-state index in [1.807, 2.05) is 66.7 Å². The topological polar surface area (TPSA) is 38.7 Å². The predicted molar refractivity (Wildman–Crippen MR) is 139 cm³/mol. The average molecular weight is 451 g/mol. The van der Waals surface area contributed by atoms with Gasteiger partial charge in [0.05, 0.1) is 13.2 Å². The van der Waals surface area contributed by atoms with Crippen LogP contribution >= 0.6 is 0 Å². The second-order valence-electron chi connectivity index (χ2n) is 7.97. The molecule has 0 aromatic heterocycles. The molecule has 4 rings (SSSR count). The Morgan fingerprint density at radius 3 is 1.76 bits per heavy atom. The number of aliphatic hydroxyl groups excluding tert-OH is 1. The highest BCUT2D eigenvalue weighted by Gasteiger charge is 2.14. The number of hydrogen-bond donors (Lipinski definition) is 1. The molecule has 3 heteroatoms. The number of hydrogen-bond acceptors (Lipinski definition) is 3. The Hall–Kier alpha value is -3.66. The first-order chi connectivity index (χ1) is 16.8.